The zero-order valence-electron chi connectivity index (χ0n) is 8.45. The largest absolute Gasteiger partial charge is 0.534 e. The predicted molar refractivity (Wildman–Crippen MR) is 47.9 cm³/mol. The number of alkyl halides is 3. The molecule has 1 heterocycles. The Balaban J connectivity index is 2.76. The zero-order valence-corrected chi connectivity index (χ0v) is 9.26. The molecule has 0 saturated carbocycles. The van der Waals surface area contributed by atoms with Crippen molar-refractivity contribution < 1.29 is 35.3 Å². The first kappa shape index (κ1) is 13.8. The summed E-state index contributed by atoms with van der Waals surface area (Å²) in [5, 5.41) is 2.41. The first-order valence-electron chi connectivity index (χ1n) is 4.20. The van der Waals surface area contributed by atoms with Crippen LogP contribution in [0.2, 0.25) is 0 Å². The summed E-state index contributed by atoms with van der Waals surface area (Å²) in [6.07, 6.45) is 0.912. The Kier molecular flexibility index (Phi) is 3.67. The summed E-state index contributed by atoms with van der Waals surface area (Å²) in [4.78, 5) is 11.0. The molecule has 0 fully saturated rings. The Morgan fingerprint density at radius 3 is 2.59 bits per heavy atom. The minimum absolute atomic E-state index is 0.310. The van der Waals surface area contributed by atoms with Crippen LogP contribution in [-0.4, -0.2) is 39.6 Å². The van der Waals surface area contributed by atoms with Crippen LogP contribution in [-0.2, 0) is 23.8 Å². The molecule has 0 unspecified atom stereocenters. The van der Waals surface area contributed by atoms with Crippen LogP contribution in [0, 0.1) is 0 Å². The number of methoxy groups -OCH3 is 1. The van der Waals surface area contributed by atoms with E-state index < -0.39 is 33.4 Å². The lowest BCUT2D eigenvalue weighted by Gasteiger charge is -2.09. The summed E-state index contributed by atoms with van der Waals surface area (Å²) in [6, 6.07) is -1.02. The Morgan fingerprint density at radius 2 is 2.12 bits per heavy atom. The molecule has 1 N–H and O–H groups in total. The molecule has 0 saturated heterocycles. The van der Waals surface area contributed by atoms with Gasteiger partial charge in [0, 0.05) is 0 Å². The second kappa shape index (κ2) is 4.53. The molecule has 1 aliphatic rings. The Hall–Kier alpha value is -1.29. The highest BCUT2D eigenvalue weighted by molar-refractivity contribution is 7.87. The van der Waals surface area contributed by atoms with Gasteiger partial charge in [-0.2, -0.15) is 21.6 Å². The van der Waals surface area contributed by atoms with Crippen LogP contribution >= 0.6 is 0 Å². The topological polar surface area (TPSA) is 81.7 Å². The molecule has 0 amide bonds. The van der Waals surface area contributed by atoms with Crippen molar-refractivity contribution in [3.05, 3.63) is 11.8 Å². The fourth-order valence-electron chi connectivity index (χ4n) is 1.04. The molecule has 0 radical (unpaired) electrons. The van der Waals surface area contributed by atoms with Crippen LogP contribution in [0.1, 0.15) is 0 Å². The van der Waals surface area contributed by atoms with E-state index in [2.05, 4.69) is 14.2 Å². The third kappa shape index (κ3) is 3.09. The first-order valence-corrected chi connectivity index (χ1v) is 5.61. The molecule has 17 heavy (non-hydrogen) atoms. The Labute approximate surface area is 94.5 Å². The molecular formula is C7H8F3NO5S. The number of hydrogen-bond donors (Lipinski definition) is 1. The molecule has 0 spiro atoms. The molecule has 0 bridgehead atoms. The van der Waals surface area contributed by atoms with Crippen molar-refractivity contribution in [2.75, 3.05) is 13.7 Å². The van der Waals surface area contributed by atoms with Gasteiger partial charge in [0.05, 0.1) is 13.7 Å². The summed E-state index contributed by atoms with van der Waals surface area (Å²) < 4.78 is 65.2. The van der Waals surface area contributed by atoms with Crippen LogP contribution in [0.15, 0.2) is 11.8 Å². The normalized spacial score (nSPS) is 20.9. The van der Waals surface area contributed by atoms with Crippen LogP contribution in [0.25, 0.3) is 0 Å². The number of esters is 1. The van der Waals surface area contributed by atoms with Gasteiger partial charge < -0.3 is 8.92 Å². The van der Waals surface area contributed by atoms with Crippen LogP contribution in [0.5, 0.6) is 0 Å². The maximum absolute atomic E-state index is 12.0. The summed E-state index contributed by atoms with van der Waals surface area (Å²) in [6.45, 7) is -0.310. The maximum Gasteiger partial charge on any atom is 0.534 e. The van der Waals surface area contributed by atoms with Gasteiger partial charge >= 0.3 is 21.6 Å². The lowest BCUT2D eigenvalue weighted by molar-refractivity contribution is -0.141. The highest BCUT2D eigenvalue weighted by Gasteiger charge is 2.49. The number of carbonyl (C=O) groups is 1. The van der Waals surface area contributed by atoms with Crippen molar-refractivity contribution in [3.8, 4) is 0 Å². The van der Waals surface area contributed by atoms with E-state index in [4.69, 9.17) is 0 Å². The lowest BCUT2D eigenvalue weighted by Crippen LogP contribution is -2.32. The number of ether oxygens (including phenoxy) is 1. The molecule has 0 aromatic heterocycles. The van der Waals surface area contributed by atoms with E-state index in [0.29, 0.717) is 0 Å². The molecule has 98 valence electrons. The van der Waals surface area contributed by atoms with Gasteiger partial charge in [-0.3, -0.25) is 10.1 Å². The fourth-order valence-corrected chi connectivity index (χ4v) is 1.53. The molecule has 1 rings (SSSR count). The minimum atomic E-state index is -5.70. The van der Waals surface area contributed by atoms with Crippen molar-refractivity contribution in [1.82, 2.24) is 5.32 Å². The molecule has 0 aromatic rings. The molecule has 1 aliphatic heterocycles. The van der Waals surface area contributed by atoms with E-state index in [0.717, 1.165) is 13.2 Å². The second-order valence-corrected chi connectivity index (χ2v) is 4.54. The number of halogens is 3. The summed E-state index contributed by atoms with van der Waals surface area (Å²) in [5.74, 6) is -1.26. The van der Waals surface area contributed by atoms with Gasteiger partial charge in [0.1, 0.15) is 11.8 Å². The summed E-state index contributed by atoms with van der Waals surface area (Å²) >= 11 is 0. The quantitative estimate of drug-likeness (QED) is 0.439. The molecule has 10 heteroatoms. The van der Waals surface area contributed by atoms with Gasteiger partial charge in [-0.1, -0.05) is 0 Å². The van der Waals surface area contributed by atoms with E-state index in [1.54, 1.807) is 0 Å². The molecule has 0 aromatic carbocycles. The van der Waals surface area contributed by atoms with Crippen molar-refractivity contribution in [1.29, 1.82) is 0 Å². The van der Waals surface area contributed by atoms with Gasteiger partial charge in [-0.05, 0) is 6.08 Å². The van der Waals surface area contributed by atoms with Gasteiger partial charge in [-0.25, -0.2) is 0 Å². The summed E-state index contributed by atoms with van der Waals surface area (Å²) in [5.41, 5.74) is -5.50. The third-order valence-corrected chi connectivity index (χ3v) is 2.80. The Bertz CT molecular complexity index is 441. The minimum Gasteiger partial charge on any atom is -0.468 e. The highest BCUT2D eigenvalue weighted by Crippen LogP contribution is 2.27. The van der Waals surface area contributed by atoms with Crippen molar-refractivity contribution in [3.63, 3.8) is 0 Å². The van der Waals surface area contributed by atoms with E-state index in [1.807, 2.05) is 0 Å². The smallest absolute Gasteiger partial charge is 0.468 e. The fraction of sp³-hybridized carbons (Fsp3) is 0.571. The standard InChI is InChI=1S/C7H8F3NO5S/c1-15-6(12)5-2-4(3-11-5)16-17(13,14)7(8,9)10/h2,5,11H,3H2,1H3/t5-/m0/s1. The lowest BCUT2D eigenvalue weighted by atomic mass is 10.3. The van der Waals surface area contributed by atoms with Gasteiger partial charge in [0.2, 0.25) is 0 Å². The van der Waals surface area contributed by atoms with Crippen molar-refractivity contribution in [2.24, 2.45) is 0 Å². The summed E-state index contributed by atoms with van der Waals surface area (Å²) in [7, 11) is -4.61. The molecule has 0 aliphatic carbocycles. The molecule has 6 nitrogen and oxygen atoms in total. The van der Waals surface area contributed by atoms with Gasteiger partial charge in [0.25, 0.3) is 0 Å². The number of hydrogen-bond acceptors (Lipinski definition) is 6. The molecule has 1 atom stereocenters. The maximum atomic E-state index is 12.0. The van der Waals surface area contributed by atoms with Crippen LogP contribution in [0.3, 0.4) is 0 Å². The third-order valence-electron chi connectivity index (χ3n) is 1.80. The highest BCUT2D eigenvalue weighted by atomic mass is 32.2. The monoisotopic (exact) mass is 275 g/mol. The van der Waals surface area contributed by atoms with Crippen LogP contribution in [0.4, 0.5) is 13.2 Å². The van der Waals surface area contributed by atoms with E-state index in [-0.39, 0.29) is 6.54 Å². The number of nitrogens with one attached hydrogen (secondary N) is 1. The Morgan fingerprint density at radius 1 is 1.53 bits per heavy atom. The number of carbonyl (C=O) groups excluding carboxylic acids is 1. The van der Waals surface area contributed by atoms with E-state index in [1.165, 1.54) is 0 Å². The van der Waals surface area contributed by atoms with Gasteiger partial charge in [0.15, 0.2) is 0 Å². The average Bonchev–Trinajstić information content (AvgIpc) is 2.62. The van der Waals surface area contributed by atoms with E-state index >= 15 is 0 Å². The number of rotatable bonds is 3. The van der Waals surface area contributed by atoms with E-state index in [9.17, 15) is 26.4 Å². The first-order chi connectivity index (χ1) is 7.67. The molecular weight excluding hydrogens is 267 g/mol. The van der Waals surface area contributed by atoms with Crippen LogP contribution < -0.4 is 5.32 Å². The SMILES string of the molecule is COC(=O)[C@@H]1C=C(OS(=O)(=O)C(F)(F)F)CN1. The predicted octanol–water partition coefficient (Wildman–Crippen LogP) is -0.119. The second-order valence-electron chi connectivity index (χ2n) is 3.00. The van der Waals surface area contributed by atoms with Crippen molar-refractivity contribution in [2.45, 2.75) is 11.6 Å². The average molecular weight is 275 g/mol. The van der Waals surface area contributed by atoms with Crippen molar-refractivity contribution >= 4 is 16.1 Å². The zero-order chi connectivity index (χ0) is 13.3. The van der Waals surface area contributed by atoms with Gasteiger partial charge in [-0.15, -0.1) is 0 Å².